The number of carbonyl (C=O) groups excluding carboxylic acids is 1. The van der Waals surface area contributed by atoms with Gasteiger partial charge in [-0.25, -0.2) is 4.98 Å². The fourth-order valence-corrected chi connectivity index (χ4v) is 4.72. The molecule has 6 rings (SSSR count). The van der Waals surface area contributed by atoms with Crippen LogP contribution >= 0.6 is 0 Å². The molecule has 1 fully saturated rings. The van der Waals surface area contributed by atoms with Gasteiger partial charge < -0.3 is 15.0 Å². The van der Waals surface area contributed by atoms with Crippen molar-refractivity contribution >= 4 is 5.91 Å². The van der Waals surface area contributed by atoms with Crippen molar-refractivity contribution in [2.45, 2.75) is 44.6 Å². The van der Waals surface area contributed by atoms with Crippen LogP contribution in [0.3, 0.4) is 0 Å². The molecule has 1 spiro atoms. The molecule has 1 amide bonds. The van der Waals surface area contributed by atoms with Gasteiger partial charge in [0.2, 0.25) is 5.88 Å². The van der Waals surface area contributed by atoms with Crippen molar-refractivity contribution in [3.05, 3.63) is 53.0 Å². The number of hydrogen-bond acceptors (Lipinski definition) is 4. The van der Waals surface area contributed by atoms with E-state index in [1.165, 1.54) is 5.56 Å². The van der Waals surface area contributed by atoms with Crippen LogP contribution in [-0.4, -0.2) is 33.0 Å². The molecule has 4 heterocycles. The highest BCUT2D eigenvalue weighted by Crippen LogP contribution is 2.45. The number of H-pyrrole nitrogens is 1. The van der Waals surface area contributed by atoms with Crippen LogP contribution in [0, 0.1) is 0 Å². The summed E-state index contributed by atoms with van der Waals surface area (Å²) < 4.78 is 5.44. The van der Waals surface area contributed by atoms with E-state index in [4.69, 9.17) is 4.74 Å². The minimum Gasteiger partial charge on any atom is -0.478 e. The van der Waals surface area contributed by atoms with Crippen molar-refractivity contribution in [2.75, 3.05) is 6.61 Å². The standard InChI is InChI=1S/C23H22N4O2/c1-2-29-19-6-4-14(12-25-19)17-9-16-13(11-24-17)3-5-15-20-18(26-21(15)16)10-23(7-8-23)27-22(20)28/h4,6,9,11-12,26H,2-3,5,7-8,10H2,1H3,(H,27,28). The Morgan fingerprint density at radius 3 is 2.83 bits per heavy atom. The number of amides is 1. The minimum atomic E-state index is 0.0116. The lowest BCUT2D eigenvalue weighted by atomic mass is 9.87. The summed E-state index contributed by atoms with van der Waals surface area (Å²) >= 11 is 0. The molecule has 3 aromatic heterocycles. The summed E-state index contributed by atoms with van der Waals surface area (Å²) in [5, 5.41) is 3.24. The molecule has 1 saturated carbocycles. The van der Waals surface area contributed by atoms with Gasteiger partial charge in [0.05, 0.1) is 23.6 Å². The van der Waals surface area contributed by atoms with E-state index < -0.39 is 0 Å². The second-order valence-corrected chi connectivity index (χ2v) is 8.29. The topological polar surface area (TPSA) is 79.9 Å². The first-order valence-corrected chi connectivity index (χ1v) is 10.3. The number of aromatic nitrogens is 3. The first kappa shape index (κ1) is 16.8. The van der Waals surface area contributed by atoms with E-state index in [2.05, 4.69) is 26.3 Å². The average Bonchev–Trinajstić information content (AvgIpc) is 3.35. The minimum absolute atomic E-state index is 0.0116. The molecular weight excluding hydrogens is 364 g/mol. The van der Waals surface area contributed by atoms with Crippen molar-refractivity contribution in [3.63, 3.8) is 0 Å². The molecule has 0 saturated heterocycles. The molecule has 2 N–H and O–H groups in total. The Bertz CT molecular complexity index is 1140. The fraction of sp³-hybridized carbons (Fsp3) is 0.348. The van der Waals surface area contributed by atoms with Gasteiger partial charge in [0, 0.05) is 47.2 Å². The van der Waals surface area contributed by atoms with E-state index in [9.17, 15) is 4.79 Å². The van der Waals surface area contributed by atoms with Crippen LogP contribution in [0.4, 0.5) is 0 Å². The van der Waals surface area contributed by atoms with Crippen LogP contribution in [0.15, 0.2) is 30.6 Å². The molecule has 3 aromatic rings. The maximum Gasteiger partial charge on any atom is 0.253 e. The van der Waals surface area contributed by atoms with E-state index >= 15 is 0 Å². The van der Waals surface area contributed by atoms with Crippen LogP contribution in [0.2, 0.25) is 0 Å². The Kier molecular flexibility index (Phi) is 3.43. The lowest BCUT2D eigenvalue weighted by molar-refractivity contribution is 0.0917. The van der Waals surface area contributed by atoms with Crippen LogP contribution < -0.4 is 10.1 Å². The van der Waals surface area contributed by atoms with E-state index in [1.807, 2.05) is 25.3 Å². The zero-order chi connectivity index (χ0) is 19.6. The Hall–Kier alpha value is -3.15. The molecule has 0 bridgehead atoms. The molecule has 6 heteroatoms. The summed E-state index contributed by atoms with van der Waals surface area (Å²) in [6.07, 6.45) is 8.62. The largest absolute Gasteiger partial charge is 0.478 e. The van der Waals surface area contributed by atoms with Crippen molar-refractivity contribution < 1.29 is 9.53 Å². The summed E-state index contributed by atoms with van der Waals surface area (Å²) in [4.78, 5) is 25.4. The number of fused-ring (bicyclic) bond motifs is 5. The predicted molar refractivity (Wildman–Crippen MR) is 109 cm³/mol. The lowest BCUT2D eigenvalue weighted by Gasteiger charge is -2.24. The maximum absolute atomic E-state index is 12.8. The molecule has 0 radical (unpaired) electrons. The number of ether oxygens (including phenoxy) is 1. The third-order valence-electron chi connectivity index (χ3n) is 6.38. The Balaban J connectivity index is 1.42. The number of rotatable bonds is 3. The summed E-state index contributed by atoms with van der Waals surface area (Å²) in [5.74, 6) is 0.711. The molecule has 3 aliphatic rings. The number of carbonyl (C=O) groups is 1. The molecule has 29 heavy (non-hydrogen) atoms. The molecular formula is C23H22N4O2. The van der Waals surface area contributed by atoms with E-state index in [-0.39, 0.29) is 11.4 Å². The summed E-state index contributed by atoms with van der Waals surface area (Å²) in [6.45, 7) is 2.54. The number of hydrogen-bond donors (Lipinski definition) is 2. The second-order valence-electron chi connectivity index (χ2n) is 8.29. The zero-order valence-corrected chi connectivity index (χ0v) is 16.3. The Morgan fingerprint density at radius 1 is 1.17 bits per heavy atom. The van der Waals surface area contributed by atoms with Gasteiger partial charge in [0.1, 0.15) is 0 Å². The van der Waals surface area contributed by atoms with Gasteiger partial charge >= 0.3 is 0 Å². The van der Waals surface area contributed by atoms with Gasteiger partial charge in [0.25, 0.3) is 5.91 Å². The summed E-state index contributed by atoms with van der Waals surface area (Å²) in [7, 11) is 0. The summed E-state index contributed by atoms with van der Waals surface area (Å²) in [5.41, 5.74) is 8.44. The highest BCUT2D eigenvalue weighted by atomic mass is 16.5. The SMILES string of the molecule is CCOc1ccc(-c2cc3c(cn2)CCc2c-3[nH]c3c2C(=O)NC2(CC2)C3)cn1. The van der Waals surface area contributed by atoms with Gasteiger partial charge in [0.15, 0.2) is 0 Å². The number of pyridine rings is 2. The van der Waals surface area contributed by atoms with Crippen LogP contribution in [0.25, 0.3) is 22.5 Å². The molecule has 2 aliphatic carbocycles. The van der Waals surface area contributed by atoms with Crippen LogP contribution in [0.1, 0.15) is 46.9 Å². The van der Waals surface area contributed by atoms with Crippen LogP contribution in [0.5, 0.6) is 5.88 Å². The van der Waals surface area contributed by atoms with E-state index in [0.717, 1.165) is 71.4 Å². The number of nitrogens with one attached hydrogen (secondary N) is 2. The maximum atomic E-state index is 12.8. The van der Waals surface area contributed by atoms with Crippen molar-refractivity contribution in [1.82, 2.24) is 20.3 Å². The van der Waals surface area contributed by atoms with Gasteiger partial charge in [-0.05, 0) is 55.9 Å². The quantitative estimate of drug-likeness (QED) is 0.723. The van der Waals surface area contributed by atoms with E-state index in [1.54, 1.807) is 6.20 Å². The lowest BCUT2D eigenvalue weighted by Crippen LogP contribution is -2.43. The number of aromatic amines is 1. The fourth-order valence-electron chi connectivity index (χ4n) is 4.72. The van der Waals surface area contributed by atoms with E-state index in [0.29, 0.717) is 12.5 Å². The highest BCUT2D eigenvalue weighted by molar-refractivity contribution is 6.01. The van der Waals surface area contributed by atoms with Crippen molar-refractivity contribution in [2.24, 2.45) is 0 Å². The Labute approximate surface area is 168 Å². The molecule has 0 unspecified atom stereocenters. The zero-order valence-electron chi connectivity index (χ0n) is 16.3. The second kappa shape index (κ2) is 5.92. The van der Waals surface area contributed by atoms with Crippen molar-refractivity contribution in [1.29, 1.82) is 0 Å². The third-order valence-corrected chi connectivity index (χ3v) is 6.38. The first-order valence-electron chi connectivity index (χ1n) is 10.3. The van der Waals surface area contributed by atoms with Gasteiger partial charge in [-0.15, -0.1) is 0 Å². The molecule has 0 atom stereocenters. The molecule has 6 nitrogen and oxygen atoms in total. The molecule has 0 aromatic carbocycles. The van der Waals surface area contributed by atoms with Gasteiger partial charge in [-0.1, -0.05) is 0 Å². The van der Waals surface area contributed by atoms with Crippen molar-refractivity contribution in [3.8, 4) is 28.4 Å². The molecule has 146 valence electrons. The van der Waals surface area contributed by atoms with Gasteiger partial charge in [-0.2, -0.15) is 0 Å². The predicted octanol–water partition coefficient (Wildman–Crippen LogP) is 3.45. The van der Waals surface area contributed by atoms with Crippen LogP contribution in [-0.2, 0) is 19.3 Å². The first-order chi connectivity index (χ1) is 14.2. The Morgan fingerprint density at radius 2 is 2.07 bits per heavy atom. The number of aryl methyl sites for hydroxylation is 1. The molecule has 1 aliphatic heterocycles. The third kappa shape index (κ3) is 2.58. The monoisotopic (exact) mass is 386 g/mol. The normalized spacial score (nSPS) is 17.9. The number of nitrogens with zero attached hydrogens (tertiary/aromatic N) is 2. The highest BCUT2D eigenvalue weighted by Gasteiger charge is 2.49. The van der Waals surface area contributed by atoms with Gasteiger partial charge in [-0.3, -0.25) is 9.78 Å². The average molecular weight is 386 g/mol. The smallest absolute Gasteiger partial charge is 0.253 e. The summed E-state index contributed by atoms with van der Waals surface area (Å²) in [6, 6.07) is 5.98.